The highest BCUT2D eigenvalue weighted by molar-refractivity contribution is 5.83. The third kappa shape index (κ3) is 5.40. The molecule has 2 amide bonds. The van der Waals surface area contributed by atoms with E-state index in [1.54, 1.807) is 15.9 Å². The van der Waals surface area contributed by atoms with Crippen molar-refractivity contribution in [3.05, 3.63) is 47.4 Å². The summed E-state index contributed by atoms with van der Waals surface area (Å²) in [5, 5.41) is 3.87. The number of halogens is 1. The molecule has 7 nitrogen and oxygen atoms in total. The van der Waals surface area contributed by atoms with Crippen molar-refractivity contribution in [3.63, 3.8) is 0 Å². The molecule has 1 aromatic heterocycles. The molecular formula is C21H27FN4O3. The van der Waals surface area contributed by atoms with E-state index in [1.165, 1.54) is 12.1 Å². The highest BCUT2D eigenvalue weighted by atomic mass is 19.1. The number of nitrogens with zero attached hydrogens (tertiary/aromatic N) is 4. The van der Waals surface area contributed by atoms with Crippen LogP contribution >= 0.6 is 0 Å². The fraction of sp³-hybridized carbons (Fsp3) is 0.524. The Kier molecular flexibility index (Phi) is 6.95. The van der Waals surface area contributed by atoms with Crippen molar-refractivity contribution in [1.82, 2.24) is 19.9 Å². The molecule has 1 fully saturated rings. The topological polar surface area (TPSA) is 79.5 Å². The van der Waals surface area contributed by atoms with E-state index >= 15 is 0 Å². The highest BCUT2D eigenvalue weighted by Gasteiger charge is 2.32. The predicted octanol–water partition coefficient (Wildman–Crippen LogP) is 2.60. The number of benzene rings is 1. The molecule has 1 saturated heterocycles. The molecule has 0 bridgehead atoms. The van der Waals surface area contributed by atoms with Crippen LogP contribution in [0.15, 0.2) is 28.8 Å². The second-order valence-corrected chi connectivity index (χ2v) is 7.27. The Hall–Kier alpha value is -2.77. The monoisotopic (exact) mass is 402 g/mol. The van der Waals surface area contributed by atoms with Gasteiger partial charge in [0.2, 0.25) is 17.7 Å². The summed E-state index contributed by atoms with van der Waals surface area (Å²) in [6, 6.07) is 6.38. The van der Waals surface area contributed by atoms with Crippen LogP contribution < -0.4 is 0 Å². The van der Waals surface area contributed by atoms with Crippen molar-refractivity contribution in [2.24, 2.45) is 5.92 Å². The SMILES string of the molecule is CCc1noc(CN(CC)C(=O)[C@H]2CCC(=O)N(CCc3cccc(F)c3)C2)n1. The molecule has 0 spiro atoms. The predicted molar refractivity (Wildman–Crippen MR) is 104 cm³/mol. The molecule has 1 aliphatic heterocycles. The van der Waals surface area contributed by atoms with Gasteiger partial charge in [0.05, 0.1) is 12.5 Å². The molecule has 0 unspecified atom stereocenters. The van der Waals surface area contributed by atoms with Crippen molar-refractivity contribution < 1.29 is 18.5 Å². The Morgan fingerprint density at radius 2 is 2.21 bits per heavy atom. The Bertz CT molecular complexity index is 854. The van der Waals surface area contributed by atoms with Gasteiger partial charge < -0.3 is 14.3 Å². The lowest BCUT2D eigenvalue weighted by atomic mass is 9.95. The average Bonchev–Trinajstić information content (AvgIpc) is 3.19. The van der Waals surface area contributed by atoms with Crippen LogP contribution in [0, 0.1) is 11.7 Å². The van der Waals surface area contributed by atoms with Crippen molar-refractivity contribution in [3.8, 4) is 0 Å². The molecule has 1 atom stereocenters. The van der Waals surface area contributed by atoms with E-state index in [1.807, 2.05) is 19.9 Å². The maximum atomic E-state index is 13.4. The van der Waals surface area contributed by atoms with Gasteiger partial charge in [-0.15, -0.1) is 0 Å². The van der Waals surface area contributed by atoms with Crippen molar-refractivity contribution >= 4 is 11.8 Å². The van der Waals surface area contributed by atoms with E-state index in [2.05, 4.69) is 10.1 Å². The molecule has 0 aliphatic carbocycles. The smallest absolute Gasteiger partial charge is 0.246 e. The standard InChI is InChI=1S/C21H27FN4O3/c1-3-18-23-19(29-24-18)14-25(4-2)21(28)16-8-9-20(27)26(13-16)11-10-15-6-5-7-17(22)12-15/h5-7,12,16H,3-4,8-11,13-14H2,1-2H3/t16-/m0/s1. The molecule has 1 aliphatic rings. The first-order chi connectivity index (χ1) is 14.0. The van der Waals surface area contributed by atoms with Crippen LogP contribution in [-0.4, -0.2) is 51.4 Å². The van der Waals surface area contributed by atoms with E-state index in [4.69, 9.17) is 4.52 Å². The van der Waals surface area contributed by atoms with E-state index in [0.717, 1.165) is 5.56 Å². The van der Waals surface area contributed by atoms with Gasteiger partial charge >= 0.3 is 0 Å². The zero-order valence-corrected chi connectivity index (χ0v) is 16.9. The van der Waals surface area contributed by atoms with Crippen LogP contribution in [0.2, 0.25) is 0 Å². The van der Waals surface area contributed by atoms with Crippen LogP contribution in [0.3, 0.4) is 0 Å². The number of carbonyl (C=O) groups excluding carboxylic acids is 2. The first-order valence-corrected chi connectivity index (χ1v) is 10.1. The lowest BCUT2D eigenvalue weighted by Crippen LogP contribution is -2.47. The van der Waals surface area contributed by atoms with Gasteiger partial charge in [0.15, 0.2) is 5.82 Å². The molecule has 1 aromatic carbocycles. The van der Waals surface area contributed by atoms with E-state index < -0.39 is 0 Å². The fourth-order valence-electron chi connectivity index (χ4n) is 3.55. The molecule has 0 radical (unpaired) electrons. The van der Waals surface area contributed by atoms with Crippen LogP contribution in [0.25, 0.3) is 0 Å². The minimum absolute atomic E-state index is 0.00740. The maximum Gasteiger partial charge on any atom is 0.246 e. The first kappa shape index (κ1) is 21.0. The maximum absolute atomic E-state index is 13.4. The summed E-state index contributed by atoms with van der Waals surface area (Å²) < 4.78 is 18.6. The lowest BCUT2D eigenvalue weighted by molar-refractivity contribution is -0.143. The number of amides is 2. The number of rotatable bonds is 8. The molecule has 156 valence electrons. The quantitative estimate of drug-likeness (QED) is 0.678. The minimum atomic E-state index is -0.286. The molecule has 3 rings (SSSR count). The van der Waals surface area contributed by atoms with Crippen LogP contribution in [0.4, 0.5) is 4.39 Å². The number of hydrogen-bond acceptors (Lipinski definition) is 5. The average molecular weight is 402 g/mol. The van der Waals surface area contributed by atoms with Crippen molar-refractivity contribution in [2.75, 3.05) is 19.6 Å². The third-order valence-corrected chi connectivity index (χ3v) is 5.25. The number of piperidine rings is 1. The second-order valence-electron chi connectivity index (χ2n) is 7.27. The Morgan fingerprint density at radius 1 is 1.38 bits per heavy atom. The van der Waals surface area contributed by atoms with E-state index in [0.29, 0.717) is 57.0 Å². The molecule has 8 heteroatoms. The summed E-state index contributed by atoms with van der Waals surface area (Å²) in [6.45, 7) is 5.50. The van der Waals surface area contributed by atoms with E-state index in [9.17, 15) is 14.0 Å². The Morgan fingerprint density at radius 3 is 2.90 bits per heavy atom. The fourth-order valence-corrected chi connectivity index (χ4v) is 3.55. The van der Waals surface area contributed by atoms with Gasteiger partial charge in [0, 0.05) is 32.5 Å². The van der Waals surface area contributed by atoms with Gasteiger partial charge in [0.1, 0.15) is 5.82 Å². The van der Waals surface area contributed by atoms with Gasteiger partial charge in [-0.25, -0.2) is 4.39 Å². The van der Waals surface area contributed by atoms with Crippen LogP contribution in [0.1, 0.15) is 44.0 Å². The first-order valence-electron chi connectivity index (χ1n) is 10.1. The number of likely N-dealkylation sites (tertiary alicyclic amines) is 1. The van der Waals surface area contributed by atoms with Crippen LogP contribution in [0.5, 0.6) is 0 Å². The molecule has 2 aromatic rings. The largest absolute Gasteiger partial charge is 0.342 e. The van der Waals surface area contributed by atoms with Gasteiger partial charge in [-0.2, -0.15) is 4.98 Å². The summed E-state index contributed by atoms with van der Waals surface area (Å²) in [6.07, 6.45) is 2.12. The normalized spacial score (nSPS) is 16.9. The Labute approximate surface area is 169 Å². The van der Waals surface area contributed by atoms with Crippen LogP contribution in [-0.2, 0) is 29.0 Å². The highest BCUT2D eigenvalue weighted by Crippen LogP contribution is 2.21. The molecule has 0 N–H and O–H groups in total. The summed E-state index contributed by atoms with van der Waals surface area (Å²) in [4.78, 5) is 33.0. The molecule has 0 saturated carbocycles. The van der Waals surface area contributed by atoms with Crippen molar-refractivity contribution in [2.45, 2.75) is 46.1 Å². The van der Waals surface area contributed by atoms with Gasteiger partial charge in [-0.05, 0) is 37.5 Å². The number of hydrogen-bond donors (Lipinski definition) is 0. The molecular weight excluding hydrogens is 375 g/mol. The molecule has 2 heterocycles. The zero-order chi connectivity index (χ0) is 20.8. The number of aromatic nitrogens is 2. The van der Waals surface area contributed by atoms with E-state index in [-0.39, 0.29) is 30.1 Å². The molecule has 29 heavy (non-hydrogen) atoms. The summed E-state index contributed by atoms with van der Waals surface area (Å²) in [5.41, 5.74) is 0.838. The van der Waals surface area contributed by atoms with Crippen molar-refractivity contribution in [1.29, 1.82) is 0 Å². The summed E-state index contributed by atoms with van der Waals surface area (Å²) >= 11 is 0. The second kappa shape index (κ2) is 9.62. The third-order valence-electron chi connectivity index (χ3n) is 5.25. The summed E-state index contributed by atoms with van der Waals surface area (Å²) in [7, 11) is 0. The zero-order valence-electron chi connectivity index (χ0n) is 16.9. The van der Waals surface area contributed by atoms with Gasteiger partial charge in [-0.3, -0.25) is 9.59 Å². The minimum Gasteiger partial charge on any atom is -0.342 e. The summed E-state index contributed by atoms with van der Waals surface area (Å²) in [5.74, 6) is 0.535. The van der Waals surface area contributed by atoms with Gasteiger partial charge in [-0.1, -0.05) is 24.2 Å². The van der Waals surface area contributed by atoms with Gasteiger partial charge in [0.25, 0.3) is 0 Å². The Balaban J connectivity index is 1.59. The number of carbonyl (C=O) groups is 2. The number of aryl methyl sites for hydroxylation is 1. The lowest BCUT2D eigenvalue weighted by Gasteiger charge is -2.34.